The van der Waals surface area contributed by atoms with Gasteiger partial charge in [-0.2, -0.15) is 0 Å². The summed E-state index contributed by atoms with van der Waals surface area (Å²) >= 11 is 0. The summed E-state index contributed by atoms with van der Waals surface area (Å²) in [4.78, 5) is 29.5. The number of ether oxygens (including phenoxy) is 1. The van der Waals surface area contributed by atoms with Crippen LogP contribution in [0.25, 0.3) is 0 Å². The normalized spacial score (nSPS) is 23.2. The first-order valence-electron chi connectivity index (χ1n) is 10.4. The summed E-state index contributed by atoms with van der Waals surface area (Å²) in [5.41, 5.74) is 2.01. The van der Waals surface area contributed by atoms with E-state index in [4.69, 9.17) is 4.74 Å². The highest BCUT2D eigenvalue weighted by Gasteiger charge is 2.44. The molecule has 2 aliphatic heterocycles. The van der Waals surface area contributed by atoms with Crippen molar-refractivity contribution < 1.29 is 14.3 Å². The van der Waals surface area contributed by atoms with Crippen molar-refractivity contribution in [2.45, 2.75) is 38.5 Å². The molecule has 0 bridgehead atoms. The molecule has 0 radical (unpaired) electrons. The SMILES string of the molecule is CC1(C)CC(=O)N(CC(=O)NCC2(CN3CCOCC3)CC2)c2ccccc21. The Bertz CT molecular complexity index is 751. The summed E-state index contributed by atoms with van der Waals surface area (Å²) < 4.78 is 5.42. The van der Waals surface area contributed by atoms with Crippen LogP contribution in [0.5, 0.6) is 0 Å². The van der Waals surface area contributed by atoms with E-state index >= 15 is 0 Å². The second-order valence-corrected chi connectivity index (χ2v) is 9.22. The van der Waals surface area contributed by atoms with E-state index in [1.807, 2.05) is 18.2 Å². The first-order valence-corrected chi connectivity index (χ1v) is 10.4. The van der Waals surface area contributed by atoms with Crippen molar-refractivity contribution in [3.63, 3.8) is 0 Å². The quantitative estimate of drug-likeness (QED) is 0.813. The minimum Gasteiger partial charge on any atom is -0.379 e. The molecule has 2 fully saturated rings. The van der Waals surface area contributed by atoms with Gasteiger partial charge in [0.15, 0.2) is 0 Å². The molecule has 6 heteroatoms. The number of anilines is 1. The van der Waals surface area contributed by atoms with Crippen LogP contribution >= 0.6 is 0 Å². The summed E-state index contributed by atoms with van der Waals surface area (Å²) in [7, 11) is 0. The van der Waals surface area contributed by atoms with Crippen LogP contribution in [0.15, 0.2) is 24.3 Å². The van der Waals surface area contributed by atoms with E-state index in [0.717, 1.165) is 56.9 Å². The summed E-state index contributed by atoms with van der Waals surface area (Å²) in [5, 5.41) is 3.10. The molecular formula is C22H31N3O3. The van der Waals surface area contributed by atoms with Gasteiger partial charge in [-0.15, -0.1) is 0 Å². The van der Waals surface area contributed by atoms with Crippen molar-refractivity contribution in [3.8, 4) is 0 Å². The fraction of sp³-hybridized carbons (Fsp3) is 0.636. The Morgan fingerprint density at radius 3 is 2.61 bits per heavy atom. The minimum atomic E-state index is -0.198. The molecule has 2 heterocycles. The number of morpholine rings is 1. The molecule has 1 saturated carbocycles. The third-order valence-electron chi connectivity index (χ3n) is 6.40. The van der Waals surface area contributed by atoms with Crippen LogP contribution in [-0.4, -0.2) is 62.7 Å². The van der Waals surface area contributed by atoms with Gasteiger partial charge >= 0.3 is 0 Å². The van der Waals surface area contributed by atoms with E-state index in [2.05, 4.69) is 30.1 Å². The number of benzene rings is 1. The molecule has 4 rings (SSSR count). The average Bonchev–Trinajstić information content (AvgIpc) is 3.44. The number of amides is 2. The van der Waals surface area contributed by atoms with E-state index in [1.165, 1.54) is 0 Å². The van der Waals surface area contributed by atoms with Gasteiger partial charge < -0.3 is 15.0 Å². The van der Waals surface area contributed by atoms with Gasteiger partial charge in [0.05, 0.1) is 13.2 Å². The Labute approximate surface area is 167 Å². The first kappa shape index (κ1) is 19.4. The van der Waals surface area contributed by atoms with Crippen molar-refractivity contribution in [2.75, 3.05) is 50.8 Å². The van der Waals surface area contributed by atoms with Crippen LogP contribution in [0, 0.1) is 5.41 Å². The highest BCUT2D eigenvalue weighted by Crippen LogP contribution is 2.46. The van der Waals surface area contributed by atoms with Crippen molar-refractivity contribution in [1.82, 2.24) is 10.2 Å². The maximum absolute atomic E-state index is 12.7. The van der Waals surface area contributed by atoms with Crippen LogP contribution in [0.2, 0.25) is 0 Å². The third kappa shape index (κ3) is 4.08. The molecule has 0 spiro atoms. The number of fused-ring (bicyclic) bond motifs is 1. The molecule has 0 unspecified atom stereocenters. The van der Waals surface area contributed by atoms with E-state index < -0.39 is 0 Å². The molecule has 1 saturated heterocycles. The number of rotatable bonds is 6. The average molecular weight is 386 g/mol. The van der Waals surface area contributed by atoms with Crippen molar-refractivity contribution in [2.24, 2.45) is 5.41 Å². The zero-order valence-electron chi connectivity index (χ0n) is 17.0. The van der Waals surface area contributed by atoms with Crippen LogP contribution in [0.1, 0.15) is 38.7 Å². The van der Waals surface area contributed by atoms with Gasteiger partial charge in [-0.3, -0.25) is 14.5 Å². The van der Waals surface area contributed by atoms with Crippen molar-refractivity contribution in [1.29, 1.82) is 0 Å². The van der Waals surface area contributed by atoms with Crippen LogP contribution in [-0.2, 0) is 19.7 Å². The lowest BCUT2D eigenvalue weighted by Crippen LogP contribution is -2.48. The molecule has 1 aliphatic carbocycles. The van der Waals surface area contributed by atoms with Gasteiger partial charge in [0.2, 0.25) is 11.8 Å². The number of carbonyl (C=O) groups excluding carboxylic acids is 2. The number of nitrogens with one attached hydrogen (secondary N) is 1. The Hall–Kier alpha value is -1.92. The van der Waals surface area contributed by atoms with Crippen LogP contribution in [0.4, 0.5) is 5.69 Å². The molecule has 3 aliphatic rings. The standard InChI is InChI=1S/C22H31N3O3/c1-21(2)13-20(27)25(18-6-4-3-5-17(18)21)14-19(26)23-15-22(7-8-22)16-24-9-11-28-12-10-24/h3-6H,7-16H2,1-2H3,(H,23,26). The Morgan fingerprint density at radius 2 is 1.89 bits per heavy atom. The van der Waals surface area contributed by atoms with Crippen molar-refractivity contribution in [3.05, 3.63) is 29.8 Å². The molecule has 28 heavy (non-hydrogen) atoms. The lowest BCUT2D eigenvalue weighted by molar-refractivity contribution is -0.124. The first-order chi connectivity index (χ1) is 13.4. The third-order valence-corrected chi connectivity index (χ3v) is 6.40. The summed E-state index contributed by atoms with van der Waals surface area (Å²) in [6.07, 6.45) is 2.74. The largest absolute Gasteiger partial charge is 0.379 e. The van der Waals surface area contributed by atoms with E-state index in [9.17, 15) is 9.59 Å². The predicted octanol–water partition coefficient (Wildman–Crippen LogP) is 1.93. The Kier molecular flexibility index (Phi) is 5.19. The predicted molar refractivity (Wildman–Crippen MR) is 108 cm³/mol. The van der Waals surface area contributed by atoms with Crippen LogP contribution < -0.4 is 10.2 Å². The number of nitrogens with zero attached hydrogens (tertiary/aromatic N) is 2. The molecule has 1 N–H and O–H groups in total. The molecule has 0 aromatic heterocycles. The molecule has 6 nitrogen and oxygen atoms in total. The fourth-order valence-corrected chi connectivity index (χ4v) is 4.44. The van der Waals surface area contributed by atoms with Gasteiger partial charge in [-0.25, -0.2) is 0 Å². The van der Waals surface area contributed by atoms with E-state index in [-0.39, 0.29) is 29.2 Å². The summed E-state index contributed by atoms with van der Waals surface area (Å²) in [6.45, 7) is 9.54. The summed E-state index contributed by atoms with van der Waals surface area (Å²) in [6, 6.07) is 7.94. The zero-order valence-corrected chi connectivity index (χ0v) is 17.0. The van der Waals surface area contributed by atoms with E-state index in [1.54, 1.807) is 4.90 Å². The Morgan fingerprint density at radius 1 is 1.18 bits per heavy atom. The second kappa shape index (κ2) is 7.48. The topological polar surface area (TPSA) is 61.9 Å². The number of hydrogen-bond donors (Lipinski definition) is 1. The number of para-hydroxylation sites is 1. The van der Waals surface area contributed by atoms with Crippen molar-refractivity contribution >= 4 is 17.5 Å². The number of carbonyl (C=O) groups is 2. The van der Waals surface area contributed by atoms with Gasteiger partial charge in [-0.1, -0.05) is 32.0 Å². The second-order valence-electron chi connectivity index (χ2n) is 9.22. The highest BCUT2D eigenvalue weighted by atomic mass is 16.5. The lowest BCUT2D eigenvalue weighted by Gasteiger charge is -2.38. The van der Waals surface area contributed by atoms with Gasteiger partial charge in [-0.05, 0) is 24.5 Å². The molecule has 1 aromatic carbocycles. The fourth-order valence-electron chi connectivity index (χ4n) is 4.44. The number of hydrogen-bond acceptors (Lipinski definition) is 4. The maximum atomic E-state index is 12.7. The summed E-state index contributed by atoms with van der Waals surface area (Å²) in [5.74, 6) is -0.0515. The lowest BCUT2D eigenvalue weighted by atomic mass is 9.77. The maximum Gasteiger partial charge on any atom is 0.240 e. The van der Waals surface area contributed by atoms with E-state index in [0.29, 0.717) is 13.0 Å². The van der Waals surface area contributed by atoms with Gasteiger partial charge in [0.25, 0.3) is 0 Å². The smallest absolute Gasteiger partial charge is 0.240 e. The van der Waals surface area contributed by atoms with Gasteiger partial charge in [0, 0.05) is 49.1 Å². The van der Waals surface area contributed by atoms with Crippen LogP contribution in [0.3, 0.4) is 0 Å². The Balaban J connectivity index is 1.35. The highest BCUT2D eigenvalue weighted by molar-refractivity contribution is 6.02. The minimum absolute atomic E-state index is 0.0216. The molecule has 152 valence electrons. The monoisotopic (exact) mass is 385 g/mol. The molecule has 2 amide bonds. The molecule has 0 atom stereocenters. The molecule has 1 aromatic rings. The zero-order chi connectivity index (χ0) is 19.8. The molecular weight excluding hydrogens is 354 g/mol. The van der Waals surface area contributed by atoms with Gasteiger partial charge in [0.1, 0.15) is 6.54 Å².